The van der Waals surface area contributed by atoms with Crippen molar-refractivity contribution < 1.29 is 27.4 Å². The van der Waals surface area contributed by atoms with Gasteiger partial charge in [0.05, 0.1) is 13.2 Å². The van der Waals surface area contributed by atoms with E-state index >= 15 is 4.39 Å². The van der Waals surface area contributed by atoms with Crippen LogP contribution in [0.3, 0.4) is 0 Å². The maximum absolute atomic E-state index is 15.2. The maximum Gasteiger partial charge on any atom is 0.264 e. The summed E-state index contributed by atoms with van der Waals surface area (Å²) < 4.78 is 60.4. The molecule has 0 amide bonds. The smallest absolute Gasteiger partial charge is 0.264 e. The zero-order chi connectivity index (χ0) is 21.1. The molecule has 1 fully saturated rings. The molecule has 0 saturated heterocycles. The molecule has 0 radical (unpaired) electrons. The summed E-state index contributed by atoms with van der Waals surface area (Å²) in [6.45, 7) is 2.23. The Balaban J connectivity index is 2.05. The predicted molar refractivity (Wildman–Crippen MR) is 108 cm³/mol. The van der Waals surface area contributed by atoms with Crippen molar-refractivity contribution in [2.24, 2.45) is 5.92 Å². The molecule has 8 heteroatoms. The molecular formula is C21H22F3NO3S. The Morgan fingerprint density at radius 2 is 1.59 bits per heavy atom. The molecule has 0 aliphatic heterocycles. The van der Waals surface area contributed by atoms with Crippen molar-refractivity contribution in [1.82, 2.24) is 4.90 Å². The lowest BCUT2D eigenvalue weighted by Gasteiger charge is -2.19. The zero-order valence-corrected chi connectivity index (χ0v) is 17.2. The molecule has 4 nitrogen and oxygen atoms in total. The molecule has 29 heavy (non-hydrogen) atoms. The van der Waals surface area contributed by atoms with Gasteiger partial charge in [0.15, 0.2) is 23.1 Å². The molecule has 0 atom stereocenters. The fourth-order valence-electron chi connectivity index (χ4n) is 2.64. The van der Waals surface area contributed by atoms with Gasteiger partial charge in [-0.15, -0.1) is 0 Å². The van der Waals surface area contributed by atoms with Crippen LogP contribution in [-0.2, 0) is 0 Å². The van der Waals surface area contributed by atoms with Crippen molar-refractivity contribution in [2.75, 3.05) is 27.3 Å². The summed E-state index contributed by atoms with van der Waals surface area (Å²) in [5, 5.41) is -0.0312. The number of halogens is 3. The molecule has 2 aromatic carbocycles. The van der Waals surface area contributed by atoms with E-state index in [0.29, 0.717) is 12.5 Å². The second-order valence-corrected chi connectivity index (χ2v) is 7.29. The zero-order valence-electron chi connectivity index (χ0n) is 16.4. The van der Waals surface area contributed by atoms with Crippen LogP contribution in [0.2, 0.25) is 0 Å². The number of hydrogen-bond donors (Lipinski definition) is 0. The van der Waals surface area contributed by atoms with Gasteiger partial charge in [-0.3, -0.25) is 0 Å². The molecule has 1 saturated carbocycles. The summed E-state index contributed by atoms with van der Waals surface area (Å²) in [5.74, 6) is -3.28. The summed E-state index contributed by atoms with van der Waals surface area (Å²) >= 11 is 5.11. The monoisotopic (exact) mass is 425 g/mol. The highest BCUT2D eigenvalue weighted by atomic mass is 32.1. The minimum absolute atomic E-state index is 0.0184. The van der Waals surface area contributed by atoms with Gasteiger partial charge in [-0.05, 0) is 62.2 Å². The Morgan fingerprint density at radius 3 is 2.17 bits per heavy atom. The molecule has 1 aliphatic rings. The Labute approximate surface area is 173 Å². The third-order valence-electron chi connectivity index (χ3n) is 4.42. The summed E-state index contributed by atoms with van der Waals surface area (Å²) in [7, 11) is 3.26. The van der Waals surface area contributed by atoms with E-state index in [4.69, 9.17) is 26.4 Å². The van der Waals surface area contributed by atoms with Gasteiger partial charge in [0.2, 0.25) is 11.6 Å². The lowest BCUT2D eigenvalue weighted by atomic mass is 10.0. The average Bonchev–Trinajstić information content (AvgIpc) is 3.51. The van der Waals surface area contributed by atoms with E-state index in [1.807, 2.05) is 0 Å². The van der Waals surface area contributed by atoms with Crippen LogP contribution < -0.4 is 14.2 Å². The van der Waals surface area contributed by atoms with Gasteiger partial charge < -0.3 is 19.1 Å². The van der Waals surface area contributed by atoms with Crippen LogP contribution in [0.25, 0.3) is 11.1 Å². The first kappa shape index (κ1) is 21.2. The molecular weight excluding hydrogens is 403 g/mol. The topological polar surface area (TPSA) is 30.9 Å². The van der Waals surface area contributed by atoms with Crippen LogP contribution in [0.1, 0.15) is 19.8 Å². The van der Waals surface area contributed by atoms with Crippen LogP contribution in [0.4, 0.5) is 13.2 Å². The van der Waals surface area contributed by atoms with E-state index in [1.165, 1.54) is 29.2 Å². The molecule has 0 bridgehead atoms. The summed E-state index contributed by atoms with van der Waals surface area (Å²) in [6, 6.07) is 5.42. The molecule has 3 rings (SSSR count). The first-order valence-electron chi connectivity index (χ1n) is 9.29. The van der Waals surface area contributed by atoms with Gasteiger partial charge in [-0.2, -0.15) is 8.78 Å². The van der Waals surface area contributed by atoms with E-state index in [0.717, 1.165) is 12.8 Å². The first-order chi connectivity index (χ1) is 13.8. The second kappa shape index (κ2) is 8.90. The van der Waals surface area contributed by atoms with Gasteiger partial charge in [-0.1, -0.05) is 0 Å². The quantitative estimate of drug-likeness (QED) is 0.571. The van der Waals surface area contributed by atoms with Crippen LogP contribution in [0.5, 0.6) is 17.2 Å². The molecule has 0 unspecified atom stereocenters. The molecule has 156 valence electrons. The minimum Gasteiger partial charge on any atom is -0.491 e. The predicted octanol–water partition coefficient (Wildman–Crippen LogP) is 5.18. The van der Waals surface area contributed by atoms with Gasteiger partial charge in [0.1, 0.15) is 0 Å². The van der Waals surface area contributed by atoms with E-state index in [2.05, 4.69) is 0 Å². The van der Waals surface area contributed by atoms with E-state index in [-0.39, 0.29) is 40.2 Å². The van der Waals surface area contributed by atoms with Gasteiger partial charge in [-0.25, -0.2) is 4.39 Å². The largest absolute Gasteiger partial charge is 0.491 e. The molecule has 0 heterocycles. The molecule has 1 aliphatic carbocycles. The third kappa shape index (κ3) is 4.75. The Hall–Kier alpha value is -2.48. The standard InChI is InChI=1S/C21H22F3NO3S/c1-4-26-15-9-7-13(17(22)18(15)23)14-8-10-16(27-11-12-5-6-12)19(24)20(14)28-21(29)25(2)3/h7-10,12H,4-6,11H2,1-3H3. The number of thiocarbonyl (C=S) groups is 1. The van der Waals surface area contributed by atoms with Crippen LogP contribution in [-0.4, -0.2) is 37.4 Å². The Bertz CT molecular complexity index is 917. The van der Waals surface area contributed by atoms with Crippen LogP contribution in [0, 0.1) is 23.4 Å². The van der Waals surface area contributed by atoms with E-state index in [1.54, 1.807) is 21.0 Å². The van der Waals surface area contributed by atoms with Crippen LogP contribution >= 0.6 is 12.2 Å². The highest BCUT2D eigenvalue weighted by molar-refractivity contribution is 7.80. The summed E-state index contributed by atoms with van der Waals surface area (Å²) in [6.07, 6.45) is 2.09. The van der Waals surface area contributed by atoms with Gasteiger partial charge in [0.25, 0.3) is 5.17 Å². The van der Waals surface area contributed by atoms with Crippen molar-refractivity contribution in [1.29, 1.82) is 0 Å². The SMILES string of the molecule is CCOc1ccc(-c2ccc(OCC3CC3)c(F)c2OC(=S)N(C)C)c(F)c1F. The van der Waals surface area contributed by atoms with Crippen LogP contribution in [0.15, 0.2) is 24.3 Å². The number of hydrogen-bond acceptors (Lipinski definition) is 4. The molecule has 0 spiro atoms. The molecule has 0 N–H and O–H groups in total. The number of nitrogens with zero attached hydrogens (tertiary/aromatic N) is 1. The first-order valence-corrected chi connectivity index (χ1v) is 9.69. The molecule has 0 aromatic heterocycles. The van der Waals surface area contributed by atoms with Crippen molar-refractivity contribution in [3.8, 4) is 28.4 Å². The minimum atomic E-state index is -1.16. The summed E-state index contributed by atoms with van der Waals surface area (Å²) in [5.41, 5.74) is -0.153. The van der Waals surface area contributed by atoms with E-state index in [9.17, 15) is 8.78 Å². The van der Waals surface area contributed by atoms with Gasteiger partial charge in [0, 0.05) is 25.2 Å². The highest BCUT2D eigenvalue weighted by Gasteiger charge is 2.26. The van der Waals surface area contributed by atoms with Crippen molar-refractivity contribution in [3.05, 3.63) is 41.7 Å². The molecule has 2 aromatic rings. The lowest BCUT2D eigenvalue weighted by molar-refractivity contribution is 0.281. The second-order valence-electron chi connectivity index (χ2n) is 6.94. The number of ether oxygens (including phenoxy) is 3. The highest BCUT2D eigenvalue weighted by Crippen LogP contribution is 2.41. The lowest BCUT2D eigenvalue weighted by Crippen LogP contribution is -2.25. The summed E-state index contributed by atoms with van der Waals surface area (Å²) in [4.78, 5) is 1.46. The fraction of sp³-hybridized carbons (Fsp3) is 0.381. The normalized spacial score (nSPS) is 13.2. The number of rotatable bonds is 7. The van der Waals surface area contributed by atoms with Crippen molar-refractivity contribution in [3.63, 3.8) is 0 Å². The number of benzene rings is 2. The van der Waals surface area contributed by atoms with Crippen molar-refractivity contribution >= 4 is 17.4 Å². The van der Waals surface area contributed by atoms with Crippen molar-refractivity contribution in [2.45, 2.75) is 19.8 Å². The third-order valence-corrected chi connectivity index (χ3v) is 4.87. The Morgan fingerprint density at radius 1 is 0.966 bits per heavy atom. The Kier molecular flexibility index (Phi) is 6.52. The average molecular weight is 425 g/mol. The van der Waals surface area contributed by atoms with Gasteiger partial charge >= 0.3 is 0 Å². The van der Waals surface area contributed by atoms with E-state index < -0.39 is 17.5 Å². The maximum atomic E-state index is 15.2. The fourth-order valence-corrected chi connectivity index (χ4v) is 2.72.